The molecule has 0 aliphatic heterocycles. The SMILES string of the molecule is CC/C=C\C/C=C\C/C=C\C/C=C\CCCCCCC(=O)OC(COC(=O)CCCCCCCCCCCCCCCCCC)COC(=O)CCCCCCCCCCCCCCCCCCCCCCCCCCCCCCCCC. The Morgan fingerprint density at radius 1 is 0.256 bits per heavy atom. The Morgan fingerprint density at radius 3 is 0.744 bits per heavy atom. The zero-order valence-corrected chi connectivity index (χ0v) is 55.3. The molecule has 480 valence electrons. The molecule has 0 heterocycles. The Hall–Kier alpha value is -2.63. The smallest absolute Gasteiger partial charge is 0.306 e. The van der Waals surface area contributed by atoms with Crippen LogP contribution in [0.5, 0.6) is 0 Å². The first kappa shape index (κ1) is 79.4. The number of unbranched alkanes of at least 4 members (excludes halogenated alkanes) is 49. The predicted octanol–water partition coefficient (Wildman–Crippen LogP) is 25.3. The predicted molar refractivity (Wildman–Crippen MR) is 358 cm³/mol. The van der Waals surface area contributed by atoms with E-state index in [1.54, 1.807) is 0 Å². The van der Waals surface area contributed by atoms with Gasteiger partial charge >= 0.3 is 17.9 Å². The molecule has 0 rings (SSSR count). The normalized spacial score (nSPS) is 12.3. The number of hydrogen-bond donors (Lipinski definition) is 0. The average molecular weight is 1150 g/mol. The van der Waals surface area contributed by atoms with Crippen LogP contribution in [0.25, 0.3) is 0 Å². The van der Waals surface area contributed by atoms with Crippen LogP contribution in [0.2, 0.25) is 0 Å². The number of rotatable bonds is 68. The van der Waals surface area contributed by atoms with Gasteiger partial charge in [0.15, 0.2) is 6.10 Å². The lowest BCUT2D eigenvalue weighted by molar-refractivity contribution is -0.167. The lowest BCUT2D eigenvalue weighted by atomic mass is 10.0. The van der Waals surface area contributed by atoms with Crippen molar-refractivity contribution in [3.05, 3.63) is 48.6 Å². The molecule has 0 radical (unpaired) electrons. The fraction of sp³-hybridized carbons (Fsp3) is 0.855. The van der Waals surface area contributed by atoms with Crippen molar-refractivity contribution < 1.29 is 28.6 Å². The highest BCUT2D eigenvalue weighted by molar-refractivity contribution is 5.71. The molecule has 0 saturated heterocycles. The fourth-order valence-corrected chi connectivity index (χ4v) is 11.1. The van der Waals surface area contributed by atoms with Gasteiger partial charge in [0.25, 0.3) is 0 Å². The van der Waals surface area contributed by atoms with Crippen molar-refractivity contribution in [2.45, 2.75) is 406 Å². The van der Waals surface area contributed by atoms with Crippen LogP contribution in [-0.2, 0) is 28.6 Å². The average Bonchev–Trinajstić information content (AvgIpc) is 3.47. The van der Waals surface area contributed by atoms with Gasteiger partial charge in [-0.2, -0.15) is 0 Å². The number of carbonyl (C=O) groups excluding carboxylic acids is 3. The van der Waals surface area contributed by atoms with E-state index < -0.39 is 6.10 Å². The summed E-state index contributed by atoms with van der Waals surface area (Å²) in [6, 6.07) is 0. The maximum Gasteiger partial charge on any atom is 0.306 e. The number of allylic oxidation sites excluding steroid dienone is 8. The Kier molecular flexibility index (Phi) is 68.6. The molecule has 0 saturated carbocycles. The molecule has 1 unspecified atom stereocenters. The second-order valence-electron chi connectivity index (χ2n) is 24.8. The highest BCUT2D eigenvalue weighted by Crippen LogP contribution is 2.19. The van der Waals surface area contributed by atoms with Crippen LogP contribution in [0.3, 0.4) is 0 Å². The Bertz CT molecular complexity index is 1410. The van der Waals surface area contributed by atoms with Crippen LogP contribution in [0.1, 0.15) is 400 Å². The fourth-order valence-electron chi connectivity index (χ4n) is 11.1. The summed E-state index contributed by atoms with van der Waals surface area (Å²) in [6.07, 6.45) is 90.2. The minimum atomic E-state index is -0.785. The van der Waals surface area contributed by atoms with E-state index in [0.717, 1.165) is 96.3 Å². The Balaban J connectivity index is 4.18. The molecule has 0 N–H and O–H groups in total. The third-order valence-corrected chi connectivity index (χ3v) is 16.6. The van der Waals surface area contributed by atoms with Crippen LogP contribution < -0.4 is 0 Å². The topological polar surface area (TPSA) is 78.9 Å². The van der Waals surface area contributed by atoms with Crippen LogP contribution >= 0.6 is 0 Å². The third-order valence-electron chi connectivity index (χ3n) is 16.6. The summed E-state index contributed by atoms with van der Waals surface area (Å²) in [6.45, 7) is 6.58. The summed E-state index contributed by atoms with van der Waals surface area (Å²) in [5.41, 5.74) is 0. The molecule has 0 aromatic rings. The second-order valence-corrected chi connectivity index (χ2v) is 24.8. The largest absolute Gasteiger partial charge is 0.462 e. The Labute approximate surface area is 511 Å². The van der Waals surface area contributed by atoms with Crippen molar-refractivity contribution in [2.24, 2.45) is 0 Å². The lowest BCUT2D eigenvalue weighted by Crippen LogP contribution is -2.30. The summed E-state index contributed by atoms with van der Waals surface area (Å²) in [5.74, 6) is -0.874. The van der Waals surface area contributed by atoms with Gasteiger partial charge < -0.3 is 14.2 Å². The third kappa shape index (κ3) is 68.2. The van der Waals surface area contributed by atoms with E-state index in [-0.39, 0.29) is 31.1 Å². The molecule has 0 aliphatic rings. The van der Waals surface area contributed by atoms with Crippen LogP contribution in [0.15, 0.2) is 48.6 Å². The van der Waals surface area contributed by atoms with Gasteiger partial charge in [-0.05, 0) is 57.8 Å². The van der Waals surface area contributed by atoms with Crippen molar-refractivity contribution in [1.82, 2.24) is 0 Å². The minimum absolute atomic E-state index is 0.0780. The molecule has 0 fully saturated rings. The van der Waals surface area contributed by atoms with Gasteiger partial charge in [-0.1, -0.05) is 371 Å². The van der Waals surface area contributed by atoms with Crippen molar-refractivity contribution in [1.29, 1.82) is 0 Å². The van der Waals surface area contributed by atoms with E-state index in [0.29, 0.717) is 19.3 Å². The van der Waals surface area contributed by atoms with E-state index in [9.17, 15) is 14.4 Å². The Morgan fingerprint density at radius 2 is 0.476 bits per heavy atom. The van der Waals surface area contributed by atoms with Gasteiger partial charge in [0.1, 0.15) is 13.2 Å². The van der Waals surface area contributed by atoms with E-state index >= 15 is 0 Å². The van der Waals surface area contributed by atoms with Crippen molar-refractivity contribution in [2.75, 3.05) is 13.2 Å². The quantitative estimate of drug-likeness (QED) is 0.0261. The van der Waals surface area contributed by atoms with Gasteiger partial charge in [0, 0.05) is 19.3 Å². The molecular formula is C76H140O6. The number of ether oxygens (including phenoxy) is 3. The van der Waals surface area contributed by atoms with Gasteiger partial charge in [-0.3, -0.25) is 14.4 Å². The van der Waals surface area contributed by atoms with Gasteiger partial charge in [0.05, 0.1) is 0 Å². The maximum absolute atomic E-state index is 12.9. The molecule has 6 heteroatoms. The second kappa shape index (κ2) is 70.9. The molecule has 0 spiro atoms. The monoisotopic (exact) mass is 1150 g/mol. The van der Waals surface area contributed by atoms with Crippen molar-refractivity contribution in [3.8, 4) is 0 Å². The van der Waals surface area contributed by atoms with Crippen LogP contribution in [-0.4, -0.2) is 37.2 Å². The lowest BCUT2D eigenvalue weighted by Gasteiger charge is -2.18. The van der Waals surface area contributed by atoms with Gasteiger partial charge in [0.2, 0.25) is 0 Å². The first-order valence-electron chi connectivity index (χ1n) is 36.6. The van der Waals surface area contributed by atoms with Gasteiger partial charge in [-0.15, -0.1) is 0 Å². The maximum atomic E-state index is 12.9. The van der Waals surface area contributed by atoms with Crippen molar-refractivity contribution in [3.63, 3.8) is 0 Å². The molecular weight excluding hydrogens is 1010 g/mol. The highest BCUT2D eigenvalue weighted by Gasteiger charge is 2.19. The minimum Gasteiger partial charge on any atom is -0.462 e. The summed E-state index contributed by atoms with van der Waals surface area (Å²) in [4.78, 5) is 38.4. The molecule has 6 nitrogen and oxygen atoms in total. The first-order chi connectivity index (χ1) is 40.5. The zero-order chi connectivity index (χ0) is 59.2. The van der Waals surface area contributed by atoms with E-state index in [4.69, 9.17) is 14.2 Å². The van der Waals surface area contributed by atoms with Crippen molar-refractivity contribution >= 4 is 17.9 Å². The highest BCUT2D eigenvalue weighted by atomic mass is 16.6. The van der Waals surface area contributed by atoms with E-state index in [1.807, 2.05) is 0 Å². The number of hydrogen-bond acceptors (Lipinski definition) is 6. The van der Waals surface area contributed by atoms with E-state index in [1.165, 1.54) is 263 Å². The molecule has 82 heavy (non-hydrogen) atoms. The molecule has 0 aromatic heterocycles. The molecule has 0 bridgehead atoms. The standard InChI is InChI=1S/C76H140O6/c1-4-7-10-13-16-19-22-25-28-31-32-33-34-35-36-37-38-39-40-41-42-43-44-46-48-51-54-57-60-63-66-69-75(78)81-72-73(71-80-74(77)68-65-62-59-56-53-50-47-30-27-24-21-18-15-12-9-6-3)82-76(79)70-67-64-61-58-55-52-49-45-29-26-23-20-17-14-11-8-5-2/h8,11,17,20,26,29,49,52,73H,4-7,9-10,12-16,18-19,21-25,27-28,30-48,50-51,53-72H2,1-3H3/b11-8-,20-17-,29-26-,52-49-. The first-order valence-corrected chi connectivity index (χ1v) is 36.6. The summed E-state index contributed by atoms with van der Waals surface area (Å²) < 4.78 is 17.0. The van der Waals surface area contributed by atoms with Gasteiger partial charge in [-0.25, -0.2) is 0 Å². The summed E-state index contributed by atoms with van der Waals surface area (Å²) in [5, 5.41) is 0. The zero-order valence-electron chi connectivity index (χ0n) is 55.3. The van der Waals surface area contributed by atoms with Crippen LogP contribution in [0, 0.1) is 0 Å². The summed E-state index contributed by atoms with van der Waals surface area (Å²) in [7, 11) is 0. The molecule has 0 aliphatic carbocycles. The summed E-state index contributed by atoms with van der Waals surface area (Å²) >= 11 is 0. The molecule has 0 amide bonds. The van der Waals surface area contributed by atoms with Crippen LogP contribution in [0.4, 0.5) is 0 Å². The number of esters is 3. The molecule has 1 atom stereocenters. The van der Waals surface area contributed by atoms with E-state index in [2.05, 4.69) is 69.4 Å². The number of carbonyl (C=O) groups is 3. The molecule has 0 aromatic carbocycles.